The molecule has 1 amide bonds. The maximum atomic E-state index is 12.8. The van der Waals surface area contributed by atoms with Crippen molar-refractivity contribution in [2.75, 3.05) is 13.1 Å². The largest absolute Gasteiger partial charge is 0.481 e. The van der Waals surface area contributed by atoms with Crippen LogP contribution in [0.5, 0.6) is 0 Å². The first-order valence-electron chi connectivity index (χ1n) is 7.26. The molecule has 1 saturated heterocycles. The number of hydrogen-bond donors (Lipinski definition) is 1. The van der Waals surface area contributed by atoms with Crippen molar-refractivity contribution in [3.63, 3.8) is 0 Å². The van der Waals surface area contributed by atoms with Gasteiger partial charge in [0.1, 0.15) is 0 Å². The van der Waals surface area contributed by atoms with Gasteiger partial charge in [-0.25, -0.2) is 0 Å². The molecule has 6 heteroatoms. The van der Waals surface area contributed by atoms with E-state index in [1.165, 1.54) is 11.8 Å². The van der Waals surface area contributed by atoms with Crippen LogP contribution in [0, 0.1) is 5.92 Å². The van der Waals surface area contributed by atoms with Crippen molar-refractivity contribution < 1.29 is 14.7 Å². The molecule has 1 unspecified atom stereocenters. The van der Waals surface area contributed by atoms with Crippen LogP contribution in [0.1, 0.15) is 26.7 Å². The number of benzene rings is 1. The number of nitrogens with zero attached hydrogens (tertiary/aromatic N) is 1. The molecule has 1 aliphatic heterocycles. The van der Waals surface area contributed by atoms with Crippen LogP contribution in [-0.4, -0.2) is 39.7 Å². The fourth-order valence-corrected chi connectivity index (χ4v) is 3.93. The average molecular weight is 386 g/mol. The van der Waals surface area contributed by atoms with Crippen molar-refractivity contribution in [3.05, 3.63) is 28.7 Å². The highest BCUT2D eigenvalue weighted by Crippen LogP contribution is 2.35. The van der Waals surface area contributed by atoms with Gasteiger partial charge >= 0.3 is 5.97 Å². The molecule has 22 heavy (non-hydrogen) atoms. The third-order valence-corrected chi connectivity index (χ3v) is 5.48. The van der Waals surface area contributed by atoms with E-state index in [4.69, 9.17) is 5.11 Å². The lowest BCUT2D eigenvalue weighted by molar-refractivity contribution is -0.146. The zero-order valence-corrected chi connectivity index (χ0v) is 15.1. The topological polar surface area (TPSA) is 57.6 Å². The molecule has 0 spiro atoms. The summed E-state index contributed by atoms with van der Waals surface area (Å²) >= 11 is 4.90. The SMILES string of the molecule is CC(C)(Sc1ccc(Br)cc1)C(=O)N1CCCC(C(=O)O)C1. The summed E-state index contributed by atoms with van der Waals surface area (Å²) in [4.78, 5) is 26.6. The standard InChI is InChI=1S/C16H20BrNO3S/c1-16(2,22-13-7-5-12(17)6-8-13)15(21)18-9-3-4-11(10-18)14(19)20/h5-8,11H,3-4,9-10H2,1-2H3,(H,19,20). The quantitative estimate of drug-likeness (QED) is 0.803. The zero-order valence-electron chi connectivity index (χ0n) is 12.7. The highest BCUT2D eigenvalue weighted by molar-refractivity contribution is 9.10. The van der Waals surface area contributed by atoms with E-state index in [-0.39, 0.29) is 5.91 Å². The predicted molar refractivity (Wildman–Crippen MR) is 91.0 cm³/mol. The van der Waals surface area contributed by atoms with E-state index in [1.54, 1.807) is 4.90 Å². The molecule has 1 atom stereocenters. The predicted octanol–water partition coefficient (Wildman–Crippen LogP) is 3.64. The van der Waals surface area contributed by atoms with Gasteiger partial charge in [0.05, 0.1) is 10.7 Å². The molecule has 1 heterocycles. The molecular weight excluding hydrogens is 366 g/mol. The molecule has 0 aromatic heterocycles. The molecule has 1 fully saturated rings. The lowest BCUT2D eigenvalue weighted by Gasteiger charge is -2.36. The van der Waals surface area contributed by atoms with Gasteiger partial charge in [-0.1, -0.05) is 15.9 Å². The summed E-state index contributed by atoms with van der Waals surface area (Å²) in [5, 5.41) is 9.15. The molecule has 1 aromatic carbocycles. The monoisotopic (exact) mass is 385 g/mol. The molecule has 4 nitrogen and oxygen atoms in total. The third-order valence-electron chi connectivity index (χ3n) is 3.76. The molecule has 120 valence electrons. The molecule has 0 saturated carbocycles. The van der Waals surface area contributed by atoms with Crippen LogP contribution in [0.4, 0.5) is 0 Å². The minimum absolute atomic E-state index is 0.00590. The van der Waals surface area contributed by atoms with Gasteiger partial charge in [0.2, 0.25) is 5.91 Å². The highest BCUT2D eigenvalue weighted by atomic mass is 79.9. The molecule has 2 rings (SSSR count). The van der Waals surface area contributed by atoms with E-state index in [2.05, 4.69) is 15.9 Å². The van der Waals surface area contributed by atoms with Crippen LogP contribution in [0.15, 0.2) is 33.6 Å². The van der Waals surface area contributed by atoms with Gasteiger partial charge in [-0.15, -0.1) is 11.8 Å². The fourth-order valence-electron chi connectivity index (χ4n) is 2.58. The van der Waals surface area contributed by atoms with Crippen molar-refractivity contribution in [2.24, 2.45) is 5.92 Å². The number of carboxylic acids is 1. The summed E-state index contributed by atoms with van der Waals surface area (Å²) in [7, 11) is 0. The van der Waals surface area contributed by atoms with Gasteiger partial charge in [-0.2, -0.15) is 0 Å². The smallest absolute Gasteiger partial charge is 0.308 e. The lowest BCUT2D eigenvalue weighted by atomic mass is 9.97. The van der Waals surface area contributed by atoms with Crippen molar-refractivity contribution in [3.8, 4) is 0 Å². The van der Waals surface area contributed by atoms with Crippen LogP contribution in [0.3, 0.4) is 0 Å². The Balaban J connectivity index is 2.06. The normalized spacial score (nSPS) is 19.0. The van der Waals surface area contributed by atoms with E-state index in [9.17, 15) is 9.59 Å². The Labute approximate surface area is 143 Å². The van der Waals surface area contributed by atoms with Crippen molar-refractivity contribution >= 4 is 39.6 Å². The highest BCUT2D eigenvalue weighted by Gasteiger charge is 2.36. The summed E-state index contributed by atoms with van der Waals surface area (Å²) in [6, 6.07) is 7.84. The Morgan fingerprint density at radius 3 is 2.55 bits per heavy atom. The summed E-state index contributed by atoms with van der Waals surface area (Å²) in [5.74, 6) is -1.24. The lowest BCUT2D eigenvalue weighted by Crippen LogP contribution is -2.49. The van der Waals surface area contributed by atoms with Crippen LogP contribution in [-0.2, 0) is 9.59 Å². The molecule has 1 aromatic rings. The summed E-state index contributed by atoms with van der Waals surface area (Å²) < 4.78 is 0.384. The number of rotatable bonds is 4. The number of piperidine rings is 1. The molecule has 1 N–H and O–H groups in total. The van der Waals surface area contributed by atoms with Gasteiger partial charge in [0.15, 0.2) is 0 Å². The fraction of sp³-hybridized carbons (Fsp3) is 0.500. The molecule has 1 aliphatic rings. The van der Waals surface area contributed by atoms with Crippen LogP contribution < -0.4 is 0 Å². The Kier molecular flexibility index (Phi) is 5.55. The number of carbonyl (C=O) groups is 2. The number of hydrogen-bond acceptors (Lipinski definition) is 3. The van der Waals surface area contributed by atoms with E-state index in [0.717, 1.165) is 15.8 Å². The minimum atomic E-state index is -0.809. The number of likely N-dealkylation sites (tertiary alicyclic amines) is 1. The van der Waals surface area contributed by atoms with Gasteiger partial charge in [0.25, 0.3) is 0 Å². The van der Waals surface area contributed by atoms with E-state index in [1.807, 2.05) is 38.1 Å². The first kappa shape index (κ1) is 17.3. The number of aliphatic carboxylic acids is 1. The van der Waals surface area contributed by atoms with Crippen LogP contribution in [0.2, 0.25) is 0 Å². The Bertz CT molecular complexity index is 559. The van der Waals surface area contributed by atoms with Gasteiger partial charge in [-0.3, -0.25) is 9.59 Å². The number of amides is 1. The first-order valence-corrected chi connectivity index (χ1v) is 8.87. The summed E-state index contributed by atoms with van der Waals surface area (Å²) in [5.41, 5.74) is 0. The summed E-state index contributed by atoms with van der Waals surface area (Å²) in [6.07, 6.45) is 1.40. The minimum Gasteiger partial charge on any atom is -0.481 e. The molecule has 0 bridgehead atoms. The van der Waals surface area contributed by atoms with Gasteiger partial charge in [-0.05, 0) is 51.0 Å². The number of carboxylic acid groups (broad SMARTS) is 1. The zero-order chi connectivity index (χ0) is 16.3. The third kappa shape index (κ3) is 4.26. The molecular formula is C16H20BrNO3S. The van der Waals surface area contributed by atoms with Crippen molar-refractivity contribution in [1.29, 1.82) is 0 Å². The Morgan fingerprint density at radius 1 is 1.32 bits per heavy atom. The number of carbonyl (C=O) groups excluding carboxylic acids is 1. The average Bonchev–Trinajstić information content (AvgIpc) is 2.48. The first-order chi connectivity index (χ1) is 10.3. The van der Waals surface area contributed by atoms with Crippen LogP contribution in [0.25, 0.3) is 0 Å². The Hall–Kier alpha value is -1.01. The van der Waals surface area contributed by atoms with Gasteiger partial charge < -0.3 is 10.0 Å². The van der Waals surface area contributed by atoms with E-state index < -0.39 is 16.6 Å². The second-order valence-electron chi connectivity index (χ2n) is 5.99. The number of halogens is 1. The van der Waals surface area contributed by atoms with Crippen LogP contribution >= 0.6 is 27.7 Å². The summed E-state index contributed by atoms with van der Waals surface area (Å²) in [6.45, 7) is 4.75. The maximum Gasteiger partial charge on any atom is 0.308 e. The Morgan fingerprint density at radius 2 is 1.95 bits per heavy atom. The second-order valence-corrected chi connectivity index (χ2v) is 8.61. The maximum absolute atomic E-state index is 12.8. The van der Waals surface area contributed by atoms with Crippen molar-refractivity contribution in [2.45, 2.75) is 36.3 Å². The molecule has 0 aliphatic carbocycles. The molecule has 0 radical (unpaired) electrons. The second kappa shape index (κ2) is 7.04. The number of thioether (sulfide) groups is 1. The van der Waals surface area contributed by atoms with Gasteiger partial charge in [0, 0.05) is 22.5 Å². The van der Waals surface area contributed by atoms with Crippen molar-refractivity contribution in [1.82, 2.24) is 4.90 Å². The van der Waals surface area contributed by atoms with E-state index in [0.29, 0.717) is 19.5 Å². The van der Waals surface area contributed by atoms with E-state index >= 15 is 0 Å².